The molecule has 0 amide bonds. The Morgan fingerprint density at radius 1 is 0.895 bits per heavy atom. The lowest BCUT2D eigenvalue weighted by Gasteiger charge is -2.22. The van der Waals surface area contributed by atoms with Crippen LogP contribution < -0.4 is 5.32 Å². The quantitative estimate of drug-likeness (QED) is 0.485. The van der Waals surface area contributed by atoms with Gasteiger partial charge in [0.15, 0.2) is 0 Å². The molecule has 0 saturated carbocycles. The van der Waals surface area contributed by atoms with Crippen LogP contribution in [0.15, 0.2) is 0 Å². The predicted octanol–water partition coefficient (Wildman–Crippen LogP) is 1.32. The van der Waals surface area contributed by atoms with E-state index in [0.29, 0.717) is 45.0 Å². The first-order valence-corrected chi connectivity index (χ1v) is 7.17. The van der Waals surface area contributed by atoms with Gasteiger partial charge in [0, 0.05) is 26.3 Å². The Morgan fingerprint density at radius 2 is 1.53 bits per heavy atom. The van der Waals surface area contributed by atoms with Gasteiger partial charge in [0.05, 0.1) is 39.6 Å². The van der Waals surface area contributed by atoms with E-state index < -0.39 is 0 Å². The lowest BCUT2D eigenvalue weighted by Crippen LogP contribution is -2.39. The first-order chi connectivity index (χ1) is 9.22. The molecule has 0 aromatic carbocycles. The molecule has 0 heterocycles. The Balaban J connectivity index is 3.34. The molecule has 0 aromatic heterocycles. The third kappa shape index (κ3) is 12.6. The summed E-state index contributed by atoms with van der Waals surface area (Å²) in [6, 6.07) is 0.390. The van der Waals surface area contributed by atoms with E-state index in [4.69, 9.17) is 18.9 Å². The number of hydrogen-bond donors (Lipinski definition) is 1. The number of hydrogen-bond acceptors (Lipinski definition) is 5. The Morgan fingerprint density at radius 3 is 2.11 bits per heavy atom. The monoisotopic (exact) mass is 277 g/mol. The van der Waals surface area contributed by atoms with Crippen LogP contribution in [0.5, 0.6) is 0 Å². The van der Waals surface area contributed by atoms with E-state index in [1.807, 2.05) is 6.92 Å². The lowest BCUT2D eigenvalue weighted by atomic mass is 10.1. The van der Waals surface area contributed by atoms with Crippen LogP contribution in [-0.2, 0) is 18.9 Å². The highest BCUT2D eigenvalue weighted by Gasteiger charge is 2.11. The number of nitrogens with one attached hydrogen (secondary N) is 1. The molecule has 0 spiro atoms. The van der Waals surface area contributed by atoms with Crippen molar-refractivity contribution in [3.63, 3.8) is 0 Å². The van der Waals surface area contributed by atoms with Gasteiger partial charge in [-0.1, -0.05) is 13.8 Å². The van der Waals surface area contributed by atoms with Crippen molar-refractivity contribution >= 4 is 0 Å². The molecular weight excluding hydrogens is 246 g/mol. The van der Waals surface area contributed by atoms with E-state index >= 15 is 0 Å². The van der Waals surface area contributed by atoms with Crippen LogP contribution in [0.3, 0.4) is 0 Å². The van der Waals surface area contributed by atoms with Crippen LogP contribution in [0.2, 0.25) is 0 Å². The molecule has 5 heteroatoms. The maximum atomic E-state index is 5.48. The zero-order valence-electron chi connectivity index (χ0n) is 12.9. The van der Waals surface area contributed by atoms with E-state index in [9.17, 15) is 0 Å². The second kappa shape index (κ2) is 14.2. The second-order valence-electron chi connectivity index (χ2n) is 4.68. The molecule has 0 aliphatic rings. The summed E-state index contributed by atoms with van der Waals surface area (Å²) in [6.45, 7) is 12.0. The largest absolute Gasteiger partial charge is 0.382 e. The Kier molecular flexibility index (Phi) is 14.1. The summed E-state index contributed by atoms with van der Waals surface area (Å²) in [6.07, 6.45) is 0. The maximum absolute atomic E-state index is 5.48. The molecule has 0 saturated heterocycles. The van der Waals surface area contributed by atoms with Gasteiger partial charge in [-0.3, -0.25) is 0 Å². The highest BCUT2D eigenvalue weighted by Crippen LogP contribution is 2.01. The highest BCUT2D eigenvalue weighted by molar-refractivity contribution is 4.69. The average molecular weight is 277 g/mol. The lowest BCUT2D eigenvalue weighted by molar-refractivity contribution is 0.0240. The van der Waals surface area contributed by atoms with E-state index in [1.54, 1.807) is 7.11 Å². The van der Waals surface area contributed by atoms with Crippen molar-refractivity contribution in [2.45, 2.75) is 26.8 Å². The minimum Gasteiger partial charge on any atom is -0.382 e. The molecule has 1 atom stereocenters. The normalized spacial score (nSPS) is 13.1. The summed E-state index contributed by atoms with van der Waals surface area (Å²) in [5.74, 6) is 0.559. The molecule has 0 rings (SSSR count). The summed E-state index contributed by atoms with van der Waals surface area (Å²) in [5.41, 5.74) is 0. The smallest absolute Gasteiger partial charge is 0.0701 e. The maximum Gasteiger partial charge on any atom is 0.0701 e. The summed E-state index contributed by atoms with van der Waals surface area (Å²) in [7, 11) is 1.67. The topological polar surface area (TPSA) is 49.0 Å². The van der Waals surface area contributed by atoms with Gasteiger partial charge in [-0.25, -0.2) is 0 Å². The molecule has 0 radical (unpaired) electrons. The molecule has 1 unspecified atom stereocenters. The summed E-state index contributed by atoms with van der Waals surface area (Å²) in [4.78, 5) is 0. The van der Waals surface area contributed by atoms with E-state index in [1.165, 1.54) is 0 Å². The van der Waals surface area contributed by atoms with Crippen LogP contribution >= 0.6 is 0 Å². The van der Waals surface area contributed by atoms with Gasteiger partial charge >= 0.3 is 0 Å². The fourth-order valence-electron chi connectivity index (χ4n) is 1.51. The van der Waals surface area contributed by atoms with Crippen molar-refractivity contribution in [2.75, 3.05) is 59.9 Å². The first kappa shape index (κ1) is 18.8. The third-order valence-electron chi connectivity index (χ3n) is 2.76. The SMILES string of the molecule is CCOCC(NCCOCCOCCOC)C(C)C. The Hall–Kier alpha value is -0.200. The van der Waals surface area contributed by atoms with Gasteiger partial charge in [0.2, 0.25) is 0 Å². The van der Waals surface area contributed by atoms with Gasteiger partial charge in [-0.2, -0.15) is 0 Å². The van der Waals surface area contributed by atoms with Crippen molar-refractivity contribution in [3.8, 4) is 0 Å². The molecule has 19 heavy (non-hydrogen) atoms. The van der Waals surface area contributed by atoms with Crippen molar-refractivity contribution in [3.05, 3.63) is 0 Å². The number of rotatable bonds is 14. The molecule has 0 bridgehead atoms. The zero-order valence-corrected chi connectivity index (χ0v) is 12.9. The van der Waals surface area contributed by atoms with E-state index in [-0.39, 0.29) is 0 Å². The van der Waals surface area contributed by atoms with Crippen molar-refractivity contribution < 1.29 is 18.9 Å². The highest BCUT2D eigenvalue weighted by atomic mass is 16.5. The molecule has 1 N–H and O–H groups in total. The summed E-state index contributed by atoms with van der Waals surface area (Å²) in [5, 5.41) is 3.45. The van der Waals surface area contributed by atoms with Crippen LogP contribution in [0.1, 0.15) is 20.8 Å². The third-order valence-corrected chi connectivity index (χ3v) is 2.76. The molecule has 0 aliphatic heterocycles. The zero-order chi connectivity index (χ0) is 14.3. The standard InChI is InChI=1S/C14H31NO4/c1-5-17-12-14(13(2)3)15-6-7-18-10-11-19-9-8-16-4/h13-15H,5-12H2,1-4H3. The van der Waals surface area contributed by atoms with Crippen molar-refractivity contribution in [1.29, 1.82) is 0 Å². The van der Waals surface area contributed by atoms with E-state index in [2.05, 4.69) is 19.2 Å². The Bertz CT molecular complexity index is 179. The van der Waals surface area contributed by atoms with Gasteiger partial charge in [0.25, 0.3) is 0 Å². The summed E-state index contributed by atoms with van der Waals surface area (Å²) < 4.78 is 21.1. The van der Waals surface area contributed by atoms with Gasteiger partial charge in [-0.15, -0.1) is 0 Å². The minimum absolute atomic E-state index is 0.390. The number of ether oxygens (including phenoxy) is 4. The van der Waals surface area contributed by atoms with Crippen LogP contribution in [-0.4, -0.2) is 65.9 Å². The molecule has 0 aromatic rings. The fraction of sp³-hybridized carbons (Fsp3) is 1.00. The van der Waals surface area contributed by atoms with Crippen molar-refractivity contribution in [2.24, 2.45) is 5.92 Å². The number of methoxy groups -OCH3 is 1. The molecule has 116 valence electrons. The summed E-state index contributed by atoms with van der Waals surface area (Å²) >= 11 is 0. The first-order valence-electron chi connectivity index (χ1n) is 7.17. The average Bonchev–Trinajstić information content (AvgIpc) is 2.39. The van der Waals surface area contributed by atoms with E-state index in [0.717, 1.165) is 19.8 Å². The predicted molar refractivity (Wildman–Crippen MR) is 76.6 cm³/mol. The fourth-order valence-corrected chi connectivity index (χ4v) is 1.51. The van der Waals surface area contributed by atoms with Gasteiger partial charge in [-0.05, 0) is 12.8 Å². The van der Waals surface area contributed by atoms with Gasteiger partial charge < -0.3 is 24.3 Å². The minimum atomic E-state index is 0.390. The molecule has 0 fully saturated rings. The van der Waals surface area contributed by atoms with Crippen molar-refractivity contribution in [1.82, 2.24) is 5.32 Å². The van der Waals surface area contributed by atoms with Crippen LogP contribution in [0.4, 0.5) is 0 Å². The molecule has 0 aliphatic carbocycles. The Labute approximate surface area is 117 Å². The molecular formula is C14H31NO4. The van der Waals surface area contributed by atoms with Crippen LogP contribution in [0, 0.1) is 5.92 Å². The second-order valence-corrected chi connectivity index (χ2v) is 4.68. The van der Waals surface area contributed by atoms with Gasteiger partial charge in [0.1, 0.15) is 0 Å². The molecule has 5 nitrogen and oxygen atoms in total. The van der Waals surface area contributed by atoms with Crippen LogP contribution in [0.25, 0.3) is 0 Å².